The summed E-state index contributed by atoms with van der Waals surface area (Å²) in [6.45, 7) is 0.184. The first-order valence-electron chi connectivity index (χ1n) is 13.7. The van der Waals surface area contributed by atoms with Gasteiger partial charge in [0, 0.05) is 43.6 Å². The molecule has 0 unspecified atom stereocenters. The van der Waals surface area contributed by atoms with Crippen LogP contribution in [-0.2, 0) is 42.5 Å². The molecule has 246 valence electrons. The lowest BCUT2D eigenvalue weighted by molar-refractivity contribution is 0.566. The van der Waals surface area contributed by atoms with E-state index in [-0.39, 0.29) is 33.5 Å². The topological polar surface area (TPSA) is 180 Å². The Kier molecular flexibility index (Phi) is 11.2. The summed E-state index contributed by atoms with van der Waals surface area (Å²) in [4.78, 5) is 16.6. The Balaban J connectivity index is 0.000000238. The van der Waals surface area contributed by atoms with Crippen LogP contribution >= 0.6 is 11.6 Å². The molecule has 2 N–H and O–H groups in total. The number of aromatic nitrogens is 4. The molecule has 0 aliphatic carbocycles. The first-order chi connectivity index (χ1) is 22.1. The van der Waals surface area contributed by atoms with Crippen molar-refractivity contribution in [1.29, 1.82) is 0 Å². The van der Waals surface area contributed by atoms with E-state index in [0.29, 0.717) is 28.5 Å². The number of halogens is 2. The lowest BCUT2D eigenvalue weighted by Crippen LogP contribution is -2.13. The van der Waals surface area contributed by atoms with Crippen molar-refractivity contribution in [3.63, 3.8) is 0 Å². The molecule has 0 radical (unpaired) electrons. The molecule has 0 aliphatic heterocycles. The maximum absolute atomic E-state index is 14.1. The molecule has 4 aromatic heterocycles. The Hall–Kier alpha value is -4.15. The first-order valence-corrected chi connectivity index (χ1v) is 19.5. The number of hydrogen-bond acceptors (Lipinski definition) is 11. The second-order valence-corrected chi connectivity index (χ2v) is 16.7. The van der Waals surface area contributed by atoms with Crippen molar-refractivity contribution in [1.82, 2.24) is 19.9 Å². The fourth-order valence-electron chi connectivity index (χ4n) is 4.14. The summed E-state index contributed by atoms with van der Waals surface area (Å²) in [5, 5.41) is -0.291. The summed E-state index contributed by atoms with van der Waals surface area (Å²) < 4.78 is 86.5. The lowest BCUT2D eigenvalue weighted by Gasteiger charge is -2.09. The van der Waals surface area contributed by atoms with Gasteiger partial charge in [-0.25, -0.2) is 34.6 Å². The van der Waals surface area contributed by atoms with Crippen LogP contribution in [0.5, 0.6) is 0 Å². The highest BCUT2D eigenvalue weighted by Crippen LogP contribution is 2.25. The average Bonchev–Trinajstić information content (AvgIpc) is 3.05. The predicted molar refractivity (Wildman–Crippen MR) is 176 cm³/mol. The number of aryl methyl sites for hydroxylation is 1. The van der Waals surface area contributed by atoms with E-state index in [0.717, 1.165) is 18.6 Å². The van der Waals surface area contributed by atoms with Gasteiger partial charge in [0.2, 0.25) is 0 Å². The number of nitrogens with zero attached hydrogens (tertiary/aromatic N) is 4. The van der Waals surface area contributed by atoms with E-state index >= 15 is 0 Å². The van der Waals surface area contributed by atoms with Gasteiger partial charge in [0.15, 0.2) is 35.3 Å². The predicted octanol–water partition coefficient (Wildman–Crippen LogP) is 4.36. The molecule has 0 aliphatic rings. The van der Waals surface area contributed by atoms with E-state index in [2.05, 4.69) is 19.9 Å². The van der Waals surface area contributed by atoms with E-state index in [4.69, 9.17) is 17.3 Å². The van der Waals surface area contributed by atoms with Crippen molar-refractivity contribution in [3.8, 4) is 22.8 Å². The van der Waals surface area contributed by atoms with Gasteiger partial charge in [0.1, 0.15) is 4.90 Å². The SMILES string of the molecule is CS(=O)(=O)c1cc(CCS(=O)(=O)c2cccc(Cl)c2F)nc(-c2ccccn2)c1.CS(=O)(=O)c1cc(CN)nc(-c2ccccn2)c1. The third-order valence-electron chi connectivity index (χ3n) is 6.50. The molecular weight excluding hydrogens is 689 g/mol. The van der Waals surface area contributed by atoms with Crippen LogP contribution in [0.2, 0.25) is 5.02 Å². The number of sulfone groups is 3. The van der Waals surface area contributed by atoms with Gasteiger partial charge in [0.05, 0.1) is 49.0 Å². The maximum atomic E-state index is 14.1. The molecule has 5 rings (SSSR count). The van der Waals surface area contributed by atoms with E-state index in [1.54, 1.807) is 36.5 Å². The summed E-state index contributed by atoms with van der Waals surface area (Å²) in [6, 6.07) is 19.9. The van der Waals surface area contributed by atoms with Crippen molar-refractivity contribution in [2.24, 2.45) is 5.73 Å². The number of nitrogens with two attached hydrogens (primary N) is 1. The minimum atomic E-state index is -4.00. The Morgan fingerprint density at radius 1 is 0.681 bits per heavy atom. The van der Waals surface area contributed by atoms with Crippen molar-refractivity contribution >= 4 is 41.1 Å². The van der Waals surface area contributed by atoms with Crippen LogP contribution < -0.4 is 5.73 Å². The smallest absolute Gasteiger partial charge is 0.181 e. The van der Waals surface area contributed by atoms with Gasteiger partial charge < -0.3 is 5.73 Å². The molecule has 11 nitrogen and oxygen atoms in total. The first kappa shape index (κ1) is 35.7. The molecule has 16 heteroatoms. The summed E-state index contributed by atoms with van der Waals surface area (Å²) in [5.41, 5.74) is 8.18. The quantitative estimate of drug-likeness (QED) is 0.229. The fraction of sp³-hybridized carbons (Fsp3) is 0.161. The minimum Gasteiger partial charge on any atom is -0.325 e. The van der Waals surface area contributed by atoms with Crippen molar-refractivity contribution < 1.29 is 29.6 Å². The zero-order chi connectivity index (χ0) is 34.4. The Bertz CT molecular complexity index is 2230. The largest absolute Gasteiger partial charge is 0.325 e. The molecule has 0 saturated carbocycles. The second kappa shape index (κ2) is 14.7. The second-order valence-electron chi connectivity index (χ2n) is 10.2. The van der Waals surface area contributed by atoms with E-state index < -0.39 is 46.0 Å². The maximum Gasteiger partial charge on any atom is 0.181 e. The van der Waals surface area contributed by atoms with Gasteiger partial charge in [0.25, 0.3) is 0 Å². The third kappa shape index (κ3) is 9.45. The fourth-order valence-corrected chi connectivity index (χ4v) is 7.09. The zero-order valence-electron chi connectivity index (χ0n) is 25.1. The minimum absolute atomic E-state index is 0.00510. The highest BCUT2D eigenvalue weighted by Gasteiger charge is 2.22. The van der Waals surface area contributed by atoms with Crippen LogP contribution in [0.4, 0.5) is 4.39 Å². The van der Waals surface area contributed by atoms with Crippen molar-refractivity contribution in [3.05, 3.63) is 113 Å². The summed E-state index contributed by atoms with van der Waals surface area (Å²) in [5.74, 6) is -1.48. The van der Waals surface area contributed by atoms with Crippen molar-refractivity contribution in [2.45, 2.75) is 27.7 Å². The van der Waals surface area contributed by atoms with Crippen LogP contribution in [0.3, 0.4) is 0 Å². The number of benzene rings is 1. The molecule has 5 aromatic rings. The highest BCUT2D eigenvalue weighted by atomic mass is 35.5. The zero-order valence-corrected chi connectivity index (χ0v) is 28.3. The molecule has 0 fully saturated rings. The number of pyridine rings is 4. The number of hydrogen-bond donors (Lipinski definition) is 1. The van der Waals surface area contributed by atoms with E-state index in [9.17, 15) is 29.6 Å². The molecule has 1 aromatic carbocycles. The van der Waals surface area contributed by atoms with Gasteiger partial charge in [-0.2, -0.15) is 0 Å². The molecule has 0 spiro atoms. The van der Waals surface area contributed by atoms with Crippen LogP contribution in [0.25, 0.3) is 22.8 Å². The van der Waals surface area contributed by atoms with E-state index in [1.165, 1.54) is 42.6 Å². The van der Waals surface area contributed by atoms with Crippen molar-refractivity contribution in [2.75, 3.05) is 18.3 Å². The third-order valence-corrected chi connectivity index (χ3v) is 10.7. The molecule has 0 amide bonds. The molecular formula is C31H29ClFN5O6S3. The molecule has 4 heterocycles. The van der Waals surface area contributed by atoms with Gasteiger partial charge in [-0.15, -0.1) is 0 Å². The van der Waals surface area contributed by atoms with E-state index in [1.807, 2.05) is 6.07 Å². The highest BCUT2D eigenvalue weighted by molar-refractivity contribution is 7.91. The van der Waals surface area contributed by atoms with Gasteiger partial charge >= 0.3 is 0 Å². The standard InChI is InChI=1S/C19H16ClFN2O4S2.C12H13N3O2S/c1-28(24,25)14-11-13(23-17(12-14)16-6-2-3-9-22-16)8-10-29(26,27)18-7-4-5-15(20)19(18)21;1-18(16,17)10-6-9(8-13)15-12(7-10)11-4-2-3-5-14-11/h2-7,9,11-12H,8,10H2,1H3;2-7H,8,13H2,1H3. The number of rotatable bonds is 9. The average molecular weight is 718 g/mol. The summed E-state index contributed by atoms with van der Waals surface area (Å²) in [6.07, 6.45) is 5.26. The van der Waals surface area contributed by atoms with Gasteiger partial charge in [-0.3, -0.25) is 15.0 Å². The molecule has 0 saturated heterocycles. The van der Waals surface area contributed by atoms with Crippen LogP contribution in [0, 0.1) is 5.82 Å². The van der Waals surface area contributed by atoms with Gasteiger partial charge in [-0.1, -0.05) is 29.8 Å². The van der Waals surface area contributed by atoms with Gasteiger partial charge in [-0.05, 0) is 60.7 Å². The lowest BCUT2D eigenvalue weighted by atomic mass is 10.2. The van der Waals surface area contributed by atoms with Crippen LogP contribution in [0.15, 0.2) is 106 Å². The Labute approximate surface area is 277 Å². The Morgan fingerprint density at radius 3 is 1.66 bits per heavy atom. The summed E-state index contributed by atoms with van der Waals surface area (Å²) in [7, 11) is -10.9. The van der Waals surface area contributed by atoms with Crippen LogP contribution in [-0.4, -0.2) is 63.5 Å². The summed E-state index contributed by atoms with van der Waals surface area (Å²) >= 11 is 5.67. The monoisotopic (exact) mass is 717 g/mol. The molecule has 0 bridgehead atoms. The normalized spacial score (nSPS) is 11.9. The Morgan fingerprint density at radius 2 is 1.19 bits per heavy atom. The van der Waals surface area contributed by atoms with Crippen LogP contribution in [0.1, 0.15) is 11.4 Å². The molecule has 47 heavy (non-hydrogen) atoms. The molecule has 0 atom stereocenters.